The topological polar surface area (TPSA) is 101 Å². The van der Waals surface area contributed by atoms with E-state index in [0.717, 1.165) is 5.69 Å². The van der Waals surface area contributed by atoms with E-state index in [1.807, 2.05) is 26.0 Å². The highest BCUT2D eigenvalue weighted by atomic mass is 16.5. The molecule has 0 saturated carbocycles. The highest BCUT2D eigenvalue weighted by molar-refractivity contribution is 5.99. The molecule has 1 aliphatic heterocycles. The Labute approximate surface area is 145 Å². The second-order valence-electron chi connectivity index (χ2n) is 5.76. The molecule has 4 bridgehead atoms. The van der Waals surface area contributed by atoms with Crippen LogP contribution in [0.25, 0.3) is 0 Å². The molecule has 0 unspecified atom stereocenters. The summed E-state index contributed by atoms with van der Waals surface area (Å²) in [5, 5.41) is 9.09. The summed E-state index contributed by atoms with van der Waals surface area (Å²) in [5.74, 6) is 1.10. The van der Waals surface area contributed by atoms with Crippen LogP contribution in [-0.4, -0.2) is 40.1 Å². The van der Waals surface area contributed by atoms with Gasteiger partial charge in [0.05, 0.1) is 0 Å². The molecule has 0 spiro atoms. The smallest absolute Gasteiger partial charge is 0.256 e. The Morgan fingerprint density at radius 1 is 1.32 bits per heavy atom. The molecule has 0 radical (unpaired) electrons. The fraction of sp³-hybridized carbons (Fsp3) is 0.294. The van der Waals surface area contributed by atoms with Crippen LogP contribution in [0.1, 0.15) is 24.2 Å². The van der Waals surface area contributed by atoms with Crippen LogP contribution in [0, 0.1) is 0 Å². The Balaban J connectivity index is 1.99. The number of nitrogens with one attached hydrogen (secondary N) is 3. The molecule has 3 N–H and O–H groups in total. The van der Waals surface area contributed by atoms with Crippen LogP contribution in [0.2, 0.25) is 0 Å². The van der Waals surface area contributed by atoms with E-state index in [-0.39, 0.29) is 11.9 Å². The van der Waals surface area contributed by atoms with Gasteiger partial charge < -0.3 is 20.7 Å². The Kier molecular flexibility index (Phi) is 5.08. The fourth-order valence-electron chi connectivity index (χ4n) is 2.21. The molecule has 1 amide bonds. The van der Waals surface area contributed by atoms with Crippen molar-refractivity contribution in [3.63, 3.8) is 0 Å². The maximum atomic E-state index is 12.4. The third kappa shape index (κ3) is 4.43. The lowest BCUT2D eigenvalue weighted by Gasteiger charge is -2.14. The molecular formula is C17H20N6O2. The number of aromatic nitrogens is 3. The second kappa shape index (κ2) is 7.61. The SMILES string of the molecule is CC(C)NC(=O)c1cnc2nc1Nc1ccnc(c1)OC/C=C\CN2. The number of nitrogens with zero attached hydrogens (tertiary/aromatic N) is 3. The predicted octanol–water partition coefficient (Wildman–Crippen LogP) is 2.11. The summed E-state index contributed by atoms with van der Waals surface area (Å²) in [6.07, 6.45) is 6.95. The van der Waals surface area contributed by atoms with Crippen molar-refractivity contribution in [1.29, 1.82) is 0 Å². The molecule has 0 saturated heterocycles. The highest BCUT2D eigenvalue weighted by Crippen LogP contribution is 2.22. The van der Waals surface area contributed by atoms with Crippen LogP contribution in [0.4, 0.5) is 17.5 Å². The first-order valence-electron chi connectivity index (χ1n) is 8.04. The van der Waals surface area contributed by atoms with Crippen molar-refractivity contribution in [2.75, 3.05) is 23.8 Å². The molecule has 8 nitrogen and oxygen atoms in total. The lowest BCUT2D eigenvalue weighted by molar-refractivity contribution is 0.0943. The van der Waals surface area contributed by atoms with E-state index in [4.69, 9.17) is 4.74 Å². The number of amides is 1. The van der Waals surface area contributed by atoms with Gasteiger partial charge in [0.1, 0.15) is 18.0 Å². The lowest BCUT2D eigenvalue weighted by atomic mass is 10.2. The minimum Gasteiger partial charge on any atom is -0.473 e. The van der Waals surface area contributed by atoms with Crippen LogP contribution in [0.15, 0.2) is 36.7 Å². The average Bonchev–Trinajstić information content (AvgIpc) is 2.58. The van der Waals surface area contributed by atoms with Gasteiger partial charge >= 0.3 is 0 Å². The molecule has 130 valence electrons. The van der Waals surface area contributed by atoms with Crippen molar-refractivity contribution in [2.24, 2.45) is 0 Å². The van der Waals surface area contributed by atoms with Crippen LogP contribution < -0.4 is 20.7 Å². The van der Waals surface area contributed by atoms with E-state index < -0.39 is 0 Å². The Morgan fingerprint density at radius 2 is 2.20 bits per heavy atom. The summed E-state index contributed by atoms with van der Waals surface area (Å²) >= 11 is 0. The number of pyridine rings is 1. The maximum Gasteiger partial charge on any atom is 0.256 e. The highest BCUT2D eigenvalue weighted by Gasteiger charge is 2.16. The summed E-state index contributed by atoms with van der Waals surface area (Å²) in [6.45, 7) is 4.76. The van der Waals surface area contributed by atoms with E-state index in [1.165, 1.54) is 6.20 Å². The van der Waals surface area contributed by atoms with Gasteiger partial charge in [-0.15, -0.1) is 0 Å². The first kappa shape index (κ1) is 16.7. The van der Waals surface area contributed by atoms with Gasteiger partial charge in [-0.3, -0.25) is 4.79 Å². The molecule has 2 aromatic heterocycles. The standard InChI is InChI=1S/C17H20N6O2/c1-11(2)21-16(24)13-10-20-17-19-6-3-4-8-25-14-9-12(5-7-18-14)22-15(13)23-17/h3-5,7,9-11H,6,8H2,1-2H3,(H,21,24)(H2,19,20,22,23)/b4-3-. The van der Waals surface area contributed by atoms with E-state index in [2.05, 4.69) is 30.9 Å². The number of hydrogen-bond donors (Lipinski definition) is 3. The largest absolute Gasteiger partial charge is 0.473 e. The van der Waals surface area contributed by atoms with Crippen LogP contribution >= 0.6 is 0 Å². The molecule has 2 aromatic rings. The normalized spacial score (nSPS) is 14.7. The molecule has 0 atom stereocenters. The van der Waals surface area contributed by atoms with Crippen molar-refractivity contribution in [3.8, 4) is 5.88 Å². The zero-order chi connectivity index (χ0) is 17.6. The summed E-state index contributed by atoms with van der Waals surface area (Å²) in [5.41, 5.74) is 1.08. The minimum atomic E-state index is -0.237. The molecule has 0 aromatic carbocycles. The van der Waals surface area contributed by atoms with Crippen LogP contribution in [-0.2, 0) is 0 Å². The maximum absolute atomic E-state index is 12.4. The average molecular weight is 340 g/mol. The molecule has 3 heterocycles. The molecule has 1 aliphatic rings. The van der Waals surface area contributed by atoms with Gasteiger partial charge in [0.25, 0.3) is 5.91 Å². The molecule has 3 rings (SSSR count). The third-order valence-corrected chi connectivity index (χ3v) is 3.32. The van der Waals surface area contributed by atoms with Gasteiger partial charge in [-0.2, -0.15) is 4.98 Å². The number of carbonyl (C=O) groups excluding carboxylic acids is 1. The first-order valence-corrected chi connectivity index (χ1v) is 8.04. The van der Waals surface area contributed by atoms with Gasteiger partial charge in [0.15, 0.2) is 0 Å². The van der Waals surface area contributed by atoms with Crippen molar-refractivity contribution in [1.82, 2.24) is 20.3 Å². The summed E-state index contributed by atoms with van der Waals surface area (Å²) in [6, 6.07) is 3.55. The number of hydrogen-bond acceptors (Lipinski definition) is 7. The number of ether oxygens (including phenoxy) is 1. The van der Waals surface area contributed by atoms with Gasteiger partial charge in [0, 0.05) is 36.7 Å². The summed E-state index contributed by atoms with van der Waals surface area (Å²) in [7, 11) is 0. The Bertz CT molecular complexity index is 790. The third-order valence-electron chi connectivity index (χ3n) is 3.32. The molecule has 8 heteroatoms. The van der Waals surface area contributed by atoms with Crippen molar-refractivity contribution < 1.29 is 9.53 Å². The minimum absolute atomic E-state index is 0.0123. The second-order valence-corrected chi connectivity index (χ2v) is 5.76. The van der Waals surface area contributed by atoms with Crippen molar-refractivity contribution in [2.45, 2.75) is 19.9 Å². The van der Waals surface area contributed by atoms with E-state index in [1.54, 1.807) is 18.3 Å². The molecule has 0 fully saturated rings. The number of fused-ring (bicyclic) bond motifs is 4. The van der Waals surface area contributed by atoms with Crippen molar-refractivity contribution in [3.05, 3.63) is 42.2 Å². The monoisotopic (exact) mass is 340 g/mol. The molecule has 25 heavy (non-hydrogen) atoms. The van der Waals surface area contributed by atoms with E-state index in [9.17, 15) is 4.79 Å². The zero-order valence-corrected chi connectivity index (χ0v) is 14.1. The fourth-order valence-corrected chi connectivity index (χ4v) is 2.21. The Morgan fingerprint density at radius 3 is 3.04 bits per heavy atom. The summed E-state index contributed by atoms with van der Waals surface area (Å²) < 4.78 is 5.57. The van der Waals surface area contributed by atoms with Gasteiger partial charge in [0.2, 0.25) is 11.8 Å². The van der Waals surface area contributed by atoms with Gasteiger partial charge in [-0.25, -0.2) is 9.97 Å². The summed E-state index contributed by atoms with van der Waals surface area (Å²) in [4.78, 5) is 25.2. The quantitative estimate of drug-likeness (QED) is 0.720. The zero-order valence-electron chi connectivity index (χ0n) is 14.1. The Hall–Kier alpha value is -3.16. The van der Waals surface area contributed by atoms with E-state index in [0.29, 0.717) is 36.4 Å². The number of rotatable bonds is 2. The van der Waals surface area contributed by atoms with E-state index >= 15 is 0 Å². The van der Waals surface area contributed by atoms with Crippen LogP contribution in [0.5, 0.6) is 5.88 Å². The molecular weight excluding hydrogens is 320 g/mol. The number of anilines is 3. The van der Waals surface area contributed by atoms with Gasteiger partial charge in [-0.05, 0) is 26.0 Å². The lowest BCUT2D eigenvalue weighted by Crippen LogP contribution is -2.31. The predicted molar refractivity (Wildman–Crippen MR) is 95.3 cm³/mol. The first-order chi connectivity index (χ1) is 12.1. The number of carbonyl (C=O) groups is 1. The van der Waals surface area contributed by atoms with Gasteiger partial charge in [-0.1, -0.05) is 6.08 Å². The molecule has 0 aliphatic carbocycles. The van der Waals surface area contributed by atoms with Crippen molar-refractivity contribution >= 4 is 23.4 Å². The van der Waals surface area contributed by atoms with Crippen LogP contribution in [0.3, 0.4) is 0 Å².